The van der Waals surface area contributed by atoms with Gasteiger partial charge in [-0.15, -0.1) is 0 Å². The fourth-order valence-corrected chi connectivity index (χ4v) is 2.72. The Morgan fingerprint density at radius 1 is 1.42 bits per heavy atom. The third-order valence-corrected chi connectivity index (χ3v) is 4.13. The van der Waals surface area contributed by atoms with Crippen LogP contribution in [0.1, 0.15) is 11.5 Å². The van der Waals surface area contributed by atoms with Gasteiger partial charge >= 0.3 is 0 Å². The van der Waals surface area contributed by atoms with E-state index in [1.807, 2.05) is 18.2 Å². The zero-order valence-corrected chi connectivity index (χ0v) is 12.1. The second-order valence-corrected chi connectivity index (χ2v) is 5.35. The molecule has 1 aromatic carbocycles. The molecule has 19 heavy (non-hydrogen) atoms. The van der Waals surface area contributed by atoms with Crippen molar-refractivity contribution in [1.82, 2.24) is 9.97 Å². The molecule has 0 saturated carbocycles. The van der Waals surface area contributed by atoms with Gasteiger partial charge in [-0.25, -0.2) is 4.98 Å². The first kappa shape index (κ1) is 14.1. The van der Waals surface area contributed by atoms with Crippen LogP contribution in [-0.4, -0.2) is 17.1 Å². The molecule has 0 aliphatic heterocycles. The number of methoxy groups -OCH3 is 1. The normalized spacial score (nSPS) is 10.7. The molecule has 0 saturated heterocycles. The maximum atomic E-state index is 12.0. The lowest BCUT2D eigenvalue weighted by atomic mass is 10.4. The third-order valence-electron chi connectivity index (χ3n) is 2.43. The number of hydrogen-bond donors (Lipinski definition) is 1. The predicted molar refractivity (Wildman–Crippen MR) is 75.9 cm³/mol. The number of nitrogens with one attached hydrogen (secondary N) is 1. The van der Waals surface area contributed by atoms with E-state index in [0.717, 1.165) is 4.90 Å². The summed E-state index contributed by atoms with van der Waals surface area (Å²) in [5.74, 6) is 0.522. The molecular formula is C13H13ClN2O2S. The summed E-state index contributed by atoms with van der Waals surface area (Å²) in [4.78, 5) is 20.4. The predicted octanol–water partition coefficient (Wildman–Crippen LogP) is 3.03. The number of H-pyrrole nitrogens is 1. The van der Waals surface area contributed by atoms with Crippen molar-refractivity contribution < 1.29 is 4.74 Å². The first-order valence-corrected chi connectivity index (χ1v) is 6.82. The summed E-state index contributed by atoms with van der Waals surface area (Å²) in [5.41, 5.74) is 0.491. The van der Waals surface area contributed by atoms with Crippen LogP contribution >= 0.6 is 23.4 Å². The Kier molecular flexibility index (Phi) is 4.63. The number of aromatic amines is 1. The van der Waals surface area contributed by atoms with Crippen LogP contribution in [0, 0.1) is 6.92 Å². The quantitative estimate of drug-likeness (QED) is 0.942. The van der Waals surface area contributed by atoms with Crippen molar-refractivity contribution in [3.05, 3.63) is 51.2 Å². The second-order valence-electron chi connectivity index (χ2n) is 3.89. The number of aromatic nitrogens is 2. The van der Waals surface area contributed by atoms with E-state index in [1.165, 1.54) is 11.8 Å². The zero-order chi connectivity index (χ0) is 13.8. The topological polar surface area (TPSA) is 55.0 Å². The Morgan fingerprint density at radius 2 is 2.16 bits per heavy atom. The van der Waals surface area contributed by atoms with Crippen LogP contribution in [0.4, 0.5) is 0 Å². The van der Waals surface area contributed by atoms with Gasteiger partial charge in [0.2, 0.25) is 0 Å². The molecule has 2 aromatic rings. The van der Waals surface area contributed by atoms with Gasteiger partial charge in [0.1, 0.15) is 12.4 Å². The molecule has 6 heteroatoms. The summed E-state index contributed by atoms with van der Waals surface area (Å²) in [6.07, 6.45) is 0. The monoisotopic (exact) mass is 296 g/mol. The number of aryl methyl sites for hydroxylation is 1. The SMILES string of the molecule is COCc1nc(C)c(Sc2ccccc2Cl)c(=O)[nH]1. The minimum atomic E-state index is -0.176. The number of rotatable bonds is 4. The molecular weight excluding hydrogens is 284 g/mol. The molecule has 0 aliphatic carbocycles. The average molecular weight is 297 g/mol. The van der Waals surface area contributed by atoms with Gasteiger partial charge < -0.3 is 9.72 Å². The van der Waals surface area contributed by atoms with Gasteiger partial charge in [0, 0.05) is 12.0 Å². The zero-order valence-electron chi connectivity index (χ0n) is 10.6. The highest BCUT2D eigenvalue weighted by Crippen LogP contribution is 2.32. The van der Waals surface area contributed by atoms with Crippen molar-refractivity contribution in [2.75, 3.05) is 7.11 Å². The Morgan fingerprint density at radius 3 is 2.79 bits per heavy atom. The lowest BCUT2D eigenvalue weighted by Crippen LogP contribution is -2.16. The highest BCUT2D eigenvalue weighted by molar-refractivity contribution is 7.99. The summed E-state index contributed by atoms with van der Waals surface area (Å²) >= 11 is 7.40. The maximum absolute atomic E-state index is 12.0. The van der Waals surface area contributed by atoms with Crippen molar-refractivity contribution in [2.45, 2.75) is 23.3 Å². The molecule has 0 unspecified atom stereocenters. The molecule has 1 aromatic heterocycles. The van der Waals surface area contributed by atoms with Crippen LogP contribution in [0.5, 0.6) is 0 Å². The van der Waals surface area contributed by atoms with Crippen molar-refractivity contribution >= 4 is 23.4 Å². The number of halogens is 1. The Hall–Kier alpha value is -1.30. The van der Waals surface area contributed by atoms with Gasteiger partial charge in [-0.05, 0) is 19.1 Å². The molecule has 100 valence electrons. The maximum Gasteiger partial charge on any atom is 0.265 e. The van der Waals surface area contributed by atoms with Crippen LogP contribution in [0.15, 0.2) is 38.9 Å². The van der Waals surface area contributed by atoms with E-state index in [9.17, 15) is 4.79 Å². The van der Waals surface area contributed by atoms with E-state index in [0.29, 0.717) is 21.4 Å². The fourth-order valence-electron chi connectivity index (χ4n) is 1.60. The smallest absolute Gasteiger partial charge is 0.265 e. The van der Waals surface area contributed by atoms with Gasteiger partial charge in [-0.3, -0.25) is 4.79 Å². The summed E-state index contributed by atoms with van der Waals surface area (Å²) in [6.45, 7) is 2.08. The summed E-state index contributed by atoms with van der Waals surface area (Å²) in [6, 6.07) is 7.39. The molecule has 1 N–H and O–H groups in total. The van der Waals surface area contributed by atoms with Crippen LogP contribution in [0.2, 0.25) is 5.02 Å². The number of ether oxygens (including phenoxy) is 1. The Bertz CT molecular complexity index is 643. The van der Waals surface area contributed by atoms with Gasteiger partial charge in [0.25, 0.3) is 5.56 Å². The summed E-state index contributed by atoms with van der Waals surface area (Å²) in [5, 5.41) is 0.618. The van der Waals surface area contributed by atoms with Gasteiger partial charge in [0.05, 0.1) is 15.6 Å². The van der Waals surface area contributed by atoms with E-state index in [1.54, 1.807) is 20.1 Å². The van der Waals surface area contributed by atoms with E-state index < -0.39 is 0 Å². The first-order valence-electron chi connectivity index (χ1n) is 5.63. The minimum absolute atomic E-state index is 0.176. The largest absolute Gasteiger partial charge is 0.377 e. The molecule has 0 radical (unpaired) electrons. The number of nitrogens with zero attached hydrogens (tertiary/aromatic N) is 1. The van der Waals surface area contributed by atoms with Crippen molar-refractivity contribution in [3.63, 3.8) is 0 Å². The summed E-state index contributed by atoms with van der Waals surface area (Å²) < 4.78 is 4.95. The molecule has 0 spiro atoms. The van der Waals surface area contributed by atoms with E-state index in [4.69, 9.17) is 16.3 Å². The molecule has 0 atom stereocenters. The van der Waals surface area contributed by atoms with Gasteiger partial charge in [-0.1, -0.05) is 35.5 Å². The molecule has 0 aliphatic rings. The molecule has 0 amide bonds. The molecule has 0 bridgehead atoms. The lowest BCUT2D eigenvalue weighted by molar-refractivity contribution is 0.177. The second kappa shape index (κ2) is 6.23. The molecule has 1 heterocycles. The van der Waals surface area contributed by atoms with E-state index in [2.05, 4.69) is 9.97 Å². The van der Waals surface area contributed by atoms with Crippen LogP contribution in [0.3, 0.4) is 0 Å². The lowest BCUT2D eigenvalue weighted by Gasteiger charge is -2.07. The molecule has 4 nitrogen and oxygen atoms in total. The fraction of sp³-hybridized carbons (Fsp3) is 0.231. The van der Waals surface area contributed by atoms with E-state index >= 15 is 0 Å². The summed E-state index contributed by atoms with van der Waals surface area (Å²) in [7, 11) is 1.56. The van der Waals surface area contributed by atoms with Crippen LogP contribution < -0.4 is 5.56 Å². The van der Waals surface area contributed by atoms with Crippen molar-refractivity contribution in [1.29, 1.82) is 0 Å². The highest BCUT2D eigenvalue weighted by atomic mass is 35.5. The Balaban J connectivity index is 2.36. The third kappa shape index (κ3) is 3.37. The number of benzene rings is 1. The standard InChI is InChI=1S/C13H13ClN2O2S/c1-8-12(13(17)16-11(15-8)7-18-2)19-10-6-4-3-5-9(10)14/h3-6H,7H2,1-2H3,(H,15,16,17). The van der Waals surface area contributed by atoms with E-state index in [-0.39, 0.29) is 12.2 Å². The van der Waals surface area contributed by atoms with Crippen LogP contribution in [0.25, 0.3) is 0 Å². The molecule has 2 rings (SSSR count). The Labute approximate surface area is 120 Å². The van der Waals surface area contributed by atoms with Crippen molar-refractivity contribution in [2.24, 2.45) is 0 Å². The minimum Gasteiger partial charge on any atom is -0.377 e. The number of hydrogen-bond acceptors (Lipinski definition) is 4. The van der Waals surface area contributed by atoms with Crippen molar-refractivity contribution in [3.8, 4) is 0 Å². The van der Waals surface area contributed by atoms with Gasteiger partial charge in [-0.2, -0.15) is 0 Å². The average Bonchev–Trinajstić information content (AvgIpc) is 2.36. The highest BCUT2D eigenvalue weighted by Gasteiger charge is 2.11. The first-order chi connectivity index (χ1) is 9.11. The van der Waals surface area contributed by atoms with Gasteiger partial charge in [0.15, 0.2) is 0 Å². The molecule has 0 fully saturated rings. The van der Waals surface area contributed by atoms with Crippen LogP contribution in [-0.2, 0) is 11.3 Å².